The third-order valence-electron chi connectivity index (χ3n) is 3.46. The van der Waals surface area contributed by atoms with Gasteiger partial charge in [-0.2, -0.15) is 0 Å². The fourth-order valence-electron chi connectivity index (χ4n) is 2.43. The zero-order valence-corrected chi connectivity index (χ0v) is 10.2. The van der Waals surface area contributed by atoms with Gasteiger partial charge >= 0.3 is 0 Å². The normalized spacial score (nSPS) is 13.1. The van der Waals surface area contributed by atoms with Gasteiger partial charge in [-0.3, -0.25) is 0 Å². The van der Waals surface area contributed by atoms with E-state index in [1.807, 2.05) is 0 Å². The molecule has 0 saturated carbocycles. The Morgan fingerprint density at radius 1 is 1.13 bits per heavy atom. The standard InChI is InChI=1S/C14H23N/c1-4-12(5-2)14(10-15)13-9-7-6-8-11(13)3/h6-9,12,14H,4-5,10,15H2,1-3H3. The van der Waals surface area contributed by atoms with Gasteiger partial charge in [-0.25, -0.2) is 0 Å². The average Bonchev–Trinajstić information content (AvgIpc) is 2.27. The zero-order valence-electron chi connectivity index (χ0n) is 10.2. The highest BCUT2D eigenvalue weighted by atomic mass is 14.6. The van der Waals surface area contributed by atoms with Crippen LogP contribution < -0.4 is 5.73 Å². The lowest BCUT2D eigenvalue weighted by Crippen LogP contribution is -2.21. The van der Waals surface area contributed by atoms with Gasteiger partial charge in [-0.05, 0) is 36.4 Å². The van der Waals surface area contributed by atoms with Crippen LogP contribution in [0, 0.1) is 12.8 Å². The molecule has 1 unspecified atom stereocenters. The molecule has 1 aromatic rings. The number of hydrogen-bond acceptors (Lipinski definition) is 1. The van der Waals surface area contributed by atoms with Gasteiger partial charge in [0.2, 0.25) is 0 Å². The highest BCUT2D eigenvalue weighted by molar-refractivity contribution is 5.30. The van der Waals surface area contributed by atoms with E-state index in [0.717, 1.165) is 12.5 Å². The minimum Gasteiger partial charge on any atom is -0.330 e. The summed E-state index contributed by atoms with van der Waals surface area (Å²) in [4.78, 5) is 0. The van der Waals surface area contributed by atoms with Gasteiger partial charge in [-0.15, -0.1) is 0 Å². The van der Waals surface area contributed by atoms with Crippen LogP contribution >= 0.6 is 0 Å². The van der Waals surface area contributed by atoms with Crippen molar-refractivity contribution in [1.82, 2.24) is 0 Å². The van der Waals surface area contributed by atoms with E-state index in [1.165, 1.54) is 24.0 Å². The Kier molecular flexibility index (Phi) is 4.83. The van der Waals surface area contributed by atoms with Gasteiger partial charge in [0.15, 0.2) is 0 Å². The number of benzene rings is 1. The maximum Gasteiger partial charge on any atom is -0.000547 e. The molecule has 0 radical (unpaired) electrons. The van der Waals surface area contributed by atoms with Crippen LogP contribution in [0.25, 0.3) is 0 Å². The SMILES string of the molecule is CCC(CC)C(CN)c1ccccc1C. The predicted molar refractivity (Wildman–Crippen MR) is 67.0 cm³/mol. The lowest BCUT2D eigenvalue weighted by atomic mass is 9.81. The van der Waals surface area contributed by atoms with Gasteiger partial charge in [-0.1, -0.05) is 51.0 Å². The van der Waals surface area contributed by atoms with Crippen LogP contribution in [-0.2, 0) is 0 Å². The number of rotatable bonds is 5. The molecule has 1 atom stereocenters. The van der Waals surface area contributed by atoms with E-state index in [1.54, 1.807) is 0 Å². The van der Waals surface area contributed by atoms with E-state index in [9.17, 15) is 0 Å². The molecule has 1 heteroatoms. The summed E-state index contributed by atoms with van der Waals surface area (Å²) in [6.45, 7) is 7.46. The molecule has 15 heavy (non-hydrogen) atoms. The number of hydrogen-bond donors (Lipinski definition) is 1. The predicted octanol–water partition coefficient (Wildman–Crippen LogP) is 3.47. The molecule has 2 N–H and O–H groups in total. The summed E-state index contributed by atoms with van der Waals surface area (Å²) in [5.74, 6) is 1.25. The Hall–Kier alpha value is -0.820. The minimum atomic E-state index is 0.529. The Balaban J connectivity index is 2.96. The van der Waals surface area contributed by atoms with E-state index in [4.69, 9.17) is 5.73 Å². The van der Waals surface area contributed by atoms with Crippen molar-refractivity contribution in [3.05, 3.63) is 35.4 Å². The smallest absolute Gasteiger partial charge is 0.000547 e. The second-order valence-corrected chi connectivity index (χ2v) is 4.28. The second kappa shape index (κ2) is 5.92. The number of aryl methyl sites for hydroxylation is 1. The number of nitrogens with two attached hydrogens (primary N) is 1. The topological polar surface area (TPSA) is 26.0 Å². The Morgan fingerprint density at radius 3 is 2.20 bits per heavy atom. The largest absolute Gasteiger partial charge is 0.330 e. The lowest BCUT2D eigenvalue weighted by molar-refractivity contribution is 0.401. The quantitative estimate of drug-likeness (QED) is 0.782. The molecular weight excluding hydrogens is 182 g/mol. The third-order valence-corrected chi connectivity index (χ3v) is 3.46. The molecule has 1 rings (SSSR count). The molecule has 0 spiro atoms. The van der Waals surface area contributed by atoms with E-state index in [2.05, 4.69) is 45.0 Å². The molecule has 0 aromatic heterocycles. The highest BCUT2D eigenvalue weighted by Crippen LogP contribution is 2.30. The highest BCUT2D eigenvalue weighted by Gasteiger charge is 2.19. The fourth-order valence-corrected chi connectivity index (χ4v) is 2.43. The monoisotopic (exact) mass is 205 g/mol. The third kappa shape index (κ3) is 2.82. The van der Waals surface area contributed by atoms with Gasteiger partial charge in [0.25, 0.3) is 0 Å². The molecule has 84 valence electrons. The van der Waals surface area contributed by atoms with Gasteiger partial charge < -0.3 is 5.73 Å². The van der Waals surface area contributed by atoms with Gasteiger partial charge in [0, 0.05) is 0 Å². The van der Waals surface area contributed by atoms with Crippen molar-refractivity contribution in [2.75, 3.05) is 6.54 Å². The summed E-state index contributed by atoms with van der Waals surface area (Å²) in [7, 11) is 0. The maximum atomic E-state index is 5.93. The molecule has 1 nitrogen and oxygen atoms in total. The first kappa shape index (κ1) is 12.3. The molecule has 0 aliphatic carbocycles. The summed E-state index contributed by atoms with van der Waals surface area (Å²) < 4.78 is 0. The molecule has 0 fully saturated rings. The first-order valence-electron chi connectivity index (χ1n) is 6.00. The van der Waals surface area contributed by atoms with Crippen LogP contribution in [0.1, 0.15) is 43.7 Å². The maximum absolute atomic E-state index is 5.93. The first-order chi connectivity index (χ1) is 7.24. The second-order valence-electron chi connectivity index (χ2n) is 4.28. The molecule has 0 aliphatic rings. The minimum absolute atomic E-state index is 0.529. The van der Waals surface area contributed by atoms with Gasteiger partial charge in [0.05, 0.1) is 0 Å². The van der Waals surface area contributed by atoms with Crippen molar-refractivity contribution in [2.24, 2.45) is 11.7 Å². The van der Waals surface area contributed by atoms with Gasteiger partial charge in [0.1, 0.15) is 0 Å². The van der Waals surface area contributed by atoms with Crippen molar-refractivity contribution in [2.45, 2.75) is 39.5 Å². The summed E-state index contributed by atoms with van der Waals surface area (Å²) in [6.07, 6.45) is 2.43. The molecule has 0 amide bonds. The van der Waals surface area contributed by atoms with Crippen LogP contribution in [-0.4, -0.2) is 6.54 Å². The molecule has 0 bridgehead atoms. The summed E-state index contributed by atoms with van der Waals surface area (Å²) in [5.41, 5.74) is 8.74. The average molecular weight is 205 g/mol. The Labute approximate surface area is 93.7 Å². The van der Waals surface area contributed by atoms with E-state index in [0.29, 0.717) is 5.92 Å². The molecule has 0 saturated heterocycles. The van der Waals surface area contributed by atoms with Crippen LogP contribution in [0.2, 0.25) is 0 Å². The summed E-state index contributed by atoms with van der Waals surface area (Å²) in [6, 6.07) is 8.62. The fraction of sp³-hybridized carbons (Fsp3) is 0.571. The summed E-state index contributed by atoms with van der Waals surface area (Å²) in [5, 5.41) is 0. The van der Waals surface area contributed by atoms with Crippen LogP contribution in [0.15, 0.2) is 24.3 Å². The molecule has 1 aromatic carbocycles. The summed E-state index contributed by atoms with van der Waals surface area (Å²) >= 11 is 0. The first-order valence-corrected chi connectivity index (χ1v) is 6.00. The van der Waals surface area contributed by atoms with Crippen molar-refractivity contribution in [3.63, 3.8) is 0 Å². The van der Waals surface area contributed by atoms with Crippen LogP contribution in [0.3, 0.4) is 0 Å². The molecule has 0 heterocycles. The molecule has 0 aliphatic heterocycles. The zero-order chi connectivity index (χ0) is 11.3. The van der Waals surface area contributed by atoms with E-state index < -0.39 is 0 Å². The van der Waals surface area contributed by atoms with E-state index >= 15 is 0 Å². The Morgan fingerprint density at radius 2 is 1.73 bits per heavy atom. The van der Waals surface area contributed by atoms with Crippen LogP contribution in [0.4, 0.5) is 0 Å². The van der Waals surface area contributed by atoms with Crippen LogP contribution in [0.5, 0.6) is 0 Å². The lowest BCUT2D eigenvalue weighted by Gasteiger charge is -2.25. The van der Waals surface area contributed by atoms with E-state index in [-0.39, 0.29) is 0 Å². The van der Waals surface area contributed by atoms with Crippen molar-refractivity contribution in [1.29, 1.82) is 0 Å². The van der Waals surface area contributed by atoms with Crippen molar-refractivity contribution in [3.8, 4) is 0 Å². The van der Waals surface area contributed by atoms with Crippen molar-refractivity contribution >= 4 is 0 Å². The van der Waals surface area contributed by atoms with Crippen molar-refractivity contribution < 1.29 is 0 Å². The Bertz CT molecular complexity index is 289. The molecular formula is C14H23N.